The molecule has 0 spiro atoms. The van der Waals surface area contributed by atoms with E-state index in [-0.39, 0.29) is 12.5 Å². The Morgan fingerprint density at radius 1 is 0.950 bits per heavy atom. The zero-order valence-corrected chi connectivity index (χ0v) is 13.4. The van der Waals surface area contributed by atoms with Crippen molar-refractivity contribution in [3.05, 3.63) is 34.9 Å². The highest BCUT2D eigenvalue weighted by molar-refractivity contribution is 5.71. The second-order valence-corrected chi connectivity index (χ2v) is 5.35. The third-order valence-corrected chi connectivity index (χ3v) is 2.97. The molecule has 0 aliphatic carbocycles. The van der Waals surface area contributed by atoms with Crippen LogP contribution in [-0.4, -0.2) is 19.1 Å². The molecule has 20 heavy (non-hydrogen) atoms. The van der Waals surface area contributed by atoms with Crippen LogP contribution in [0.1, 0.15) is 53.4 Å². The number of carbonyl (C=O) groups is 1. The van der Waals surface area contributed by atoms with Gasteiger partial charge in [-0.15, -0.1) is 0 Å². The molecule has 0 aromatic carbocycles. The summed E-state index contributed by atoms with van der Waals surface area (Å²) in [6.45, 7) is 8.77. The van der Waals surface area contributed by atoms with E-state index in [2.05, 4.69) is 39.8 Å². The lowest BCUT2D eigenvalue weighted by atomic mass is 10.1. The average Bonchev–Trinajstić information content (AvgIpc) is 2.38. The number of hydrogen-bond donors (Lipinski definition) is 1. The molecule has 0 aliphatic heterocycles. The minimum atomic E-state index is -0.357. The van der Waals surface area contributed by atoms with Gasteiger partial charge in [-0.3, -0.25) is 4.79 Å². The quantitative estimate of drug-likeness (QED) is 0.514. The van der Waals surface area contributed by atoms with Gasteiger partial charge in [-0.25, -0.2) is 0 Å². The van der Waals surface area contributed by atoms with Crippen molar-refractivity contribution in [2.45, 2.75) is 53.4 Å². The van der Waals surface area contributed by atoms with E-state index in [4.69, 9.17) is 10.5 Å². The van der Waals surface area contributed by atoms with Gasteiger partial charge in [-0.1, -0.05) is 28.9 Å². The second-order valence-electron chi connectivity index (χ2n) is 5.35. The van der Waals surface area contributed by atoms with Gasteiger partial charge in [0.15, 0.2) is 0 Å². The van der Waals surface area contributed by atoms with Gasteiger partial charge in [0.1, 0.15) is 6.61 Å². The van der Waals surface area contributed by atoms with Crippen LogP contribution in [0, 0.1) is 0 Å². The van der Waals surface area contributed by atoms with E-state index in [9.17, 15) is 4.79 Å². The van der Waals surface area contributed by atoms with Crippen molar-refractivity contribution < 1.29 is 9.53 Å². The van der Waals surface area contributed by atoms with Gasteiger partial charge in [0.25, 0.3) is 0 Å². The van der Waals surface area contributed by atoms with Crippen molar-refractivity contribution in [1.82, 2.24) is 0 Å². The molecule has 0 amide bonds. The van der Waals surface area contributed by atoms with Gasteiger partial charge >= 0.3 is 5.97 Å². The van der Waals surface area contributed by atoms with Crippen LogP contribution >= 0.6 is 0 Å². The molecule has 0 atom stereocenters. The number of nitrogens with two attached hydrogens (primary N) is 1. The average molecular weight is 279 g/mol. The number of ether oxygens (including phenoxy) is 1. The summed E-state index contributed by atoms with van der Waals surface area (Å²) < 4.78 is 4.90. The second kappa shape index (κ2) is 11.5. The Bertz CT molecular complexity index is 374. The molecule has 0 bridgehead atoms. The summed E-state index contributed by atoms with van der Waals surface area (Å²) in [5.41, 5.74) is 9.21. The zero-order chi connectivity index (χ0) is 15.4. The highest BCUT2D eigenvalue weighted by Crippen LogP contribution is 2.11. The number of allylic oxidation sites excluding steroid dienone is 5. The summed E-state index contributed by atoms with van der Waals surface area (Å²) in [6.07, 6.45) is 10.8. The topological polar surface area (TPSA) is 52.3 Å². The highest BCUT2D eigenvalue weighted by atomic mass is 16.5. The lowest BCUT2D eigenvalue weighted by Crippen LogP contribution is -2.16. The van der Waals surface area contributed by atoms with Crippen molar-refractivity contribution in [2.24, 2.45) is 5.73 Å². The summed E-state index contributed by atoms with van der Waals surface area (Å²) in [7, 11) is 0. The largest absolute Gasteiger partial charge is 0.461 e. The van der Waals surface area contributed by atoms with Gasteiger partial charge in [-0.2, -0.15) is 0 Å². The van der Waals surface area contributed by atoms with Crippen molar-refractivity contribution >= 4 is 5.97 Å². The predicted molar refractivity (Wildman–Crippen MR) is 85.4 cm³/mol. The van der Waals surface area contributed by atoms with Gasteiger partial charge in [0, 0.05) is 0 Å². The zero-order valence-electron chi connectivity index (χ0n) is 13.4. The molecule has 0 aliphatic rings. The number of esters is 1. The minimum absolute atomic E-state index is 0.0551. The van der Waals surface area contributed by atoms with Crippen LogP contribution in [-0.2, 0) is 9.53 Å². The first-order chi connectivity index (χ1) is 9.45. The number of hydrogen-bond acceptors (Lipinski definition) is 3. The molecule has 3 heteroatoms. The SMILES string of the molecule is CC(C)=CCCC(C)=CCCC(C)=CCOC(=O)CN. The normalized spacial score (nSPS) is 12.2. The lowest BCUT2D eigenvalue weighted by Gasteiger charge is -2.02. The third kappa shape index (κ3) is 11.7. The molecule has 114 valence electrons. The minimum Gasteiger partial charge on any atom is -0.461 e. The molecular weight excluding hydrogens is 250 g/mol. The standard InChI is InChI=1S/C17H29NO2/c1-14(2)7-5-8-15(3)9-6-10-16(4)11-12-20-17(19)13-18/h7,9,11H,5-6,8,10,12-13,18H2,1-4H3. The Balaban J connectivity index is 3.88. The Hall–Kier alpha value is -1.35. The van der Waals surface area contributed by atoms with Crippen molar-refractivity contribution in [1.29, 1.82) is 0 Å². The van der Waals surface area contributed by atoms with Gasteiger partial charge in [0.2, 0.25) is 0 Å². The smallest absolute Gasteiger partial charge is 0.320 e. The van der Waals surface area contributed by atoms with Gasteiger partial charge in [-0.05, 0) is 59.5 Å². The van der Waals surface area contributed by atoms with E-state index in [1.165, 1.54) is 16.7 Å². The number of carbonyl (C=O) groups excluding carboxylic acids is 1. The fourth-order valence-corrected chi connectivity index (χ4v) is 1.67. The summed E-state index contributed by atoms with van der Waals surface area (Å²) in [4.78, 5) is 10.9. The van der Waals surface area contributed by atoms with Crippen LogP contribution in [0.4, 0.5) is 0 Å². The van der Waals surface area contributed by atoms with Crippen LogP contribution in [0.2, 0.25) is 0 Å². The van der Waals surface area contributed by atoms with Crippen LogP contribution in [0.3, 0.4) is 0 Å². The first-order valence-electron chi connectivity index (χ1n) is 7.26. The molecule has 0 unspecified atom stereocenters. The molecule has 0 heterocycles. The summed E-state index contributed by atoms with van der Waals surface area (Å²) in [5.74, 6) is -0.357. The maximum absolute atomic E-state index is 10.9. The van der Waals surface area contributed by atoms with Gasteiger partial charge < -0.3 is 10.5 Å². The molecule has 0 rings (SSSR count). The Kier molecular flexibility index (Phi) is 10.7. The Morgan fingerprint density at radius 3 is 2.05 bits per heavy atom. The van der Waals surface area contributed by atoms with E-state index in [1.54, 1.807) is 0 Å². The van der Waals surface area contributed by atoms with Crippen LogP contribution < -0.4 is 5.73 Å². The van der Waals surface area contributed by atoms with Crippen LogP contribution in [0.25, 0.3) is 0 Å². The summed E-state index contributed by atoms with van der Waals surface area (Å²) >= 11 is 0. The molecule has 0 saturated carbocycles. The van der Waals surface area contributed by atoms with E-state index in [1.807, 2.05) is 6.08 Å². The van der Waals surface area contributed by atoms with Gasteiger partial charge in [0.05, 0.1) is 6.54 Å². The molecule has 0 aromatic rings. The van der Waals surface area contributed by atoms with E-state index in [0.29, 0.717) is 6.61 Å². The fourth-order valence-electron chi connectivity index (χ4n) is 1.67. The maximum atomic E-state index is 10.9. The molecule has 0 saturated heterocycles. The van der Waals surface area contributed by atoms with Crippen molar-refractivity contribution in [3.8, 4) is 0 Å². The maximum Gasteiger partial charge on any atom is 0.320 e. The van der Waals surface area contributed by atoms with E-state index < -0.39 is 0 Å². The lowest BCUT2D eigenvalue weighted by molar-refractivity contribution is -0.140. The van der Waals surface area contributed by atoms with E-state index in [0.717, 1.165) is 25.7 Å². The van der Waals surface area contributed by atoms with Crippen molar-refractivity contribution in [2.75, 3.05) is 13.2 Å². The first kappa shape index (κ1) is 18.7. The highest BCUT2D eigenvalue weighted by Gasteiger charge is 1.96. The molecule has 2 N–H and O–H groups in total. The Labute approximate surface area is 123 Å². The molecule has 0 aromatic heterocycles. The van der Waals surface area contributed by atoms with Crippen LogP contribution in [0.15, 0.2) is 34.9 Å². The van der Waals surface area contributed by atoms with E-state index >= 15 is 0 Å². The van der Waals surface area contributed by atoms with Crippen LogP contribution in [0.5, 0.6) is 0 Å². The first-order valence-corrected chi connectivity index (χ1v) is 7.26. The molecule has 0 radical (unpaired) electrons. The third-order valence-electron chi connectivity index (χ3n) is 2.97. The monoisotopic (exact) mass is 279 g/mol. The molecule has 3 nitrogen and oxygen atoms in total. The Morgan fingerprint density at radius 2 is 1.50 bits per heavy atom. The summed E-state index contributed by atoms with van der Waals surface area (Å²) in [6, 6.07) is 0. The fraction of sp³-hybridized carbons (Fsp3) is 0.588. The summed E-state index contributed by atoms with van der Waals surface area (Å²) in [5, 5.41) is 0. The molecule has 0 fully saturated rings. The number of rotatable bonds is 9. The van der Waals surface area contributed by atoms with Crippen molar-refractivity contribution in [3.63, 3.8) is 0 Å². The predicted octanol–water partition coefficient (Wildman–Crippen LogP) is 3.91. The molecular formula is C17H29NO2.